The zero-order valence-corrected chi connectivity index (χ0v) is 17.6. The van der Waals surface area contributed by atoms with Crippen LogP contribution in [0.5, 0.6) is 5.75 Å². The first-order valence-corrected chi connectivity index (χ1v) is 10.8. The second-order valence-electron chi connectivity index (χ2n) is 7.58. The van der Waals surface area contributed by atoms with Gasteiger partial charge < -0.3 is 4.74 Å². The van der Waals surface area contributed by atoms with Gasteiger partial charge in [0, 0.05) is 6.21 Å². The molecule has 0 spiro atoms. The van der Waals surface area contributed by atoms with Crippen molar-refractivity contribution < 1.29 is 4.74 Å². The highest BCUT2D eigenvalue weighted by molar-refractivity contribution is 5.80. The number of benzene rings is 4. The van der Waals surface area contributed by atoms with Crippen molar-refractivity contribution in [3.63, 3.8) is 0 Å². The van der Waals surface area contributed by atoms with Gasteiger partial charge in [-0.3, -0.25) is 4.99 Å². The van der Waals surface area contributed by atoms with Crippen molar-refractivity contribution in [2.45, 2.75) is 25.5 Å². The van der Waals surface area contributed by atoms with Gasteiger partial charge in [0.25, 0.3) is 0 Å². The molecule has 0 saturated carbocycles. The minimum absolute atomic E-state index is 0.121. The maximum Gasteiger partial charge on any atom is 0.120 e. The van der Waals surface area contributed by atoms with Crippen LogP contribution in [0.25, 0.3) is 0 Å². The molecule has 0 aromatic heterocycles. The normalized spacial score (nSPS) is 12.0. The van der Waals surface area contributed by atoms with E-state index in [1.807, 2.05) is 42.6 Å². The topological polar surface area (TPSA) is 21.6 Å². The van der Waals surface area contributed by atoms with E-state index < -0.39 is 0 Å². The molecule has 2 nitrogen and oxygen atoms in total. The number of rotatable bonds is 9. The van der Waals surface area contributed by atoms with Crippen molar-refractivity contribution in [3.8, 4) is 5.75 Å². The van der Waals surface area contributed by atoms with Crippen LogP contribution in [0.2, 0.25) is 0 Å². The zero-order chi connectivity index (χ0) is 21.1. The number of aryl methyl sites for hydroxylation is 1. The van der Waals surface area contributed by atoms with Crippen molar-refractivity contribution in [1.82, 2.24) is 0 Å². The fraction of sp³-hybridized carbons (Fsp3) is 0.138. The molecule has 4 rings (SSSR count). The molecule has 0 N–H and O–H groups in total. The van der Waals surface area contributed by atoms with Gasteiger partial charge in [-0.15, -0.1) is 0 Å². The van der Waals surface area contributed by atoms with Gasteiger partial charge >= 0.3 is 0 Å². The summed E-state index contributed by atoms with van der Waals surface area (Å²) in [5.74, 6) is 0.855. The number of nitrogens with zero attached hydrogens (tertiary/aromatic N) is 1. The van der Waals surface area contributed by atoms with Crippen LogP contribution in [0, 0.1) is 0 Å². The highest BCUT2D eigenvalue weighted by Crippen LogP contribution is 2.24. The Kier molecular flexibility index (Phi) is 7.27. The van der Waals surface area contributed by atoms with Crippen LogP contribution in [0.3, 0.4) is 0 Å². The number of aliphatic imine (C=N–C) groups is 1. The van der Waals surface area contributed by atoms with Gasteiger partial charge in [0.2, 0.25) is 0 Å². The molecule has 0 saturated heterocycles. The molecule has 154 valence electrons. The van der Waals surface area contributed by atoms with E-state index in [2.05, 4.69) is 78.9 Å². The summed E-state index contributed by atoms with van der Waals surface area (Å²) in [5, 5.41) is 0. The molecule has 0 aliphatic heterocycles. The molecular formula is C29H27NO. The van der Waals surface area contributed by atoms with Gasteiger partial charge in [0.1, 0.15) is 12.4 Å². The van der Waals surface area contributed by atoms with Crippen LogP contribution >= 0.6 is 0 Å². The molecule has 2 heteroatoms. The number of hydrogen-bond donors (Lipinski definition) is 0. The van der Waals surface area contributed by atoms with Gasteiger partial charge in [0.15, 0.2) is 0 Å². The van der Waals surface area contributed by atoms with Crippen LogP contribution in [-0.2, 0) is 13.0 Å². The van der Waals surface area contributed by atoms with Gasteiger partial charge in [-0.25, -0.2) is 0 Å². The van der Waals surface area contributed by atoms with E-state index in [1.165, 1.54) is 11.1 Å². The molecular weight excluding hydrogens is 378 g/mol. The summed E-state index contributed by atoms with van der Waals surface area (Å²) in [4.78, 5) is 4.96. The molecule has 0 fully saturated rings. The summed E-state index contributed by atoms with van der Waals surface area (Å²) < 4.78 is 5.97. The van der Waals surface area contributed by atoms with Gasteiger partial charge in [-0.1, -0.05) is 103 Å². The van der Waals surface area contributed by atoms with Gasteiger partial charge in [-0.05, 0) is 47.2 Å². The van der Waals surface area contributed by atoms with Crippen molar-refractivity contribution >= 4 is 6.21 Å². The smallest absolute Gasteiger partial charge is 0.120 e. The Bertz CT molecular complexity index is 1080. The zero-order valence-electron chi connectivity index (χ0n) is 17.6. The fourth-order valence-corrected chi connectivity index (χ4v) is 3.55. The molecule has 4 aromatic carbocycles. The predicted molar refractivity (Wildman–Crippen MR) is 129 cm³/mol. The minimum atomic E-state index is 0.121. The lowest BCUT2D eigenvalue weighted by atomic mass is 9.99. The average Bonchev–Trinajstić information content (AvgIpc) is 2.85. The summed E-state index contributed by atoms with van der Waals surface area (Å²) in [5.41, 5.74) is 4.79. The van der Waals surface area contributed by atoms with Crippen LogP contribution in [0.15, 0.2) is 120 Å². The number of hydrogen-bond acceptors (Lipinski definition) is 2. The van der Waals surface area contributed by atoms with E-state index in [0.29, 0.717) is 6.61 Å². The first-order chi connectivity index (χ1) is 15.4. The monoisotopic (exact) mass is 405 g/mol. The van der Waals surface area contributed by atoms with Crippen LogP contribution in [0.1, 0.15) is 34.7 Å². The Labute approximate surface area is 184 Å². The highest BCUT2D eigenvalue weighted by Gasteiger charge is 2.09. The second kappa shape index (κ2) is 10.9. The van der Waals surface area contributed by atoms with Gasteiger partial charge in [-0.2, -0.15) is 0 Å². The predicted octanol–water partition coefficient (Wildman–Crippen LogP) is 7.06. The summed E-state index contributed by atoms with van der Waals surface area (Å²) in [6, 6.07) is 39.6. The maximum absolute atomic E-state index is 5.97. The van der Waals surface area contributed by atoms with Crippen LogP contribution in [0.4, 0.5) is 0 Å². The van der Waals surface area contributed by atoms with E-state index >= 15 is 0 Å². The van der Waals surface area contributed by atoms with E-state index in [-0.39, 0.29) is 6.04 Å². The Morgan fingerprint density at radius 1 is 0.677 bits per heavy atom. The third kappa shape index (κ3) is 6.42. The Hall–Kier alpha value is -3.65. The molecule has 4 aromatic rings. The molecule has 1 atom stereocenters. The lowest BCUT2D eigenvalue weighted by molar-refractivity contribution is 0.306. The van der Waals surface area contributed by atoms with Gasteiger partial charge in [0.05, 0.1) is 6.04 Å². The van der Waals surface area contributed by atoms with E-state index in [4.69, 9.17) is 9.73 Å². The largest absolute Gasteiger partial charge is 0.489 e. The van der Waals surface area contributed by atoms with Crippen molar-refractivity contribution in [1.29, 1.82) is 0 Å². The molecule has 0 amide bonds. The Morgan fingerprint density at radius 2 is 1.32 bits per heavy atom. The summed E-state index contributed by atoms with van der Waals surface area (Å²) in [6.07, 6.45) is 3.94. The van der Waals surface area contributed by atoms with Crippen LogP contribution in [-0.4, -0.2) is 6.21 Å². The van der Waals surface area contributed by atoms with E-state index in [9.17, 15) is 0 Å². The van der Waals surface area contributed by atoms with Crippen LogP contribution < -0.4 is 4.74 Å². The molecule has 0 radical (unpaired) electrons. The van der Waals surface area contributed by atoms with E-state index in [1.54, 1.807) is 0 Å². The third-order valence-corrected chi connectivity index (χ3v) is 5.24. The molecule has 0 heterocycles. The average molecular weight is 406 g/mol. The minimum Gasteiger partial charge on any atom is -0.489 e. The van der Waals surface area contributed by atoms with Crippen molar-refractivity contribution in [2.75, 3.05) is 0 Å². The lowest BCUT2D eigenvalue weighted by Crippen LogP contribution is -2.00. The van der Waals surface area contributed by atoms with E-state index in [0.717, 1.165) is 29.7 Å². The fourth-order valence-electron chi connectivity index (χ4n) is 3.55. The molecule has 1 unspecified atom stereocenters. The Balaban J connectivity index is 1.45. The summed E-state index contributed by atoms with van der Waals surface area (Å²) >= 11 is 0. The van der Waals surface area contributed by atoms with Crippen molar-refractivity contribution in [2.24, 2.45) is 4.99 Å². The molecule has 0 aliphatic carbocycles. The third-order valence-electron chi connectivity index (χ3n) is 5.24. The standard InChI is InChI=1S/C29H27NO/c1-4-11-24(12-5-1)19-20-29(27-16-8-3-9-17-27)30-22-26-15-10-18-28(21-26)31-23-25-13-6-2-7-14-25/h1-18,21-22,29H,19-20,23H2. The second-order valence-corrected chi connectivity index (χ2v) is 7.58. The maximum atomic E-state index is 5.97. The SMILES string of the molecule is C(=NC(CCc1ccccc1)c1ccccc1)c1cccc(OCc2ccccc2)c1. The number of ether oxygens (including phenoxy) is 1. The Morgan fingerprint density at radius 3 is 2.03 bits per heavy atom. The summed E-state index contributed by atoms with van der Waals surface area (Å²) in [6.45, 7) is 0.561. The highest BCUT2D eigenvalue weighted by atomic mass is 16.5. The molecule has 0 bridgehead atoms. The quantitative estimate of drug-likeness (QED) is 0.273. The molecule has 31 heavy (non-hydrogen) atoms. The van der Waals surface area contributed by atoms with Crippen molar-refractivity contribution in [3.05, 3.63) is 138 Å². The summed E-state index contributed by atoms with van der Waals surface area (Å²) in [7, 11) is 0. The lowest BCUT2D eigenvalue weighted by Gasteiger charge is -2.13. The first-order valence-electron chi connectivity index (χ1n) is 10.8. The first kappa shape index (κ1) is 20.6. The molecule has 0 aliphatic rings.